The van der Waals surface area contributed by atoms with Crippen LogP contribution in [0.3, 0.4) is 0 Å². The van der Waals surface area contributed by atoms with E-state index in [4.69, 9.17) is 5.26 Å². The highest BCUT2D eigenvalue weighted by atomic mass is 19.4. The van der Waals surface area contributed by atoms with Crippen LogP contribution in [0.1, 0.15) is 11.1 Å². The van der Waals surface area contributed by atoms with Gasteiger partial charge < -0.3 is 0 Å². The van der Waals surface area contributed by atoms with Crippen molar-refractivity contribution in [3.63, 3.8) is 0 Å². The van der Waals surface area contributed by atoms with Crippen molar-refractivity contribution in [1.82, 2.24) is 4.98 Å². The molecule has 0 aliphatic carbocycles. The van der Waals surface area contributed by atoms with Gasteiger partial charge in [-0.3, -0.25) is 0 Å². The van der Waals surface area contributed by atoms with E-state index in [1.165, 1.54) is 6.07 Å². The fourth-order valence-electron chi connectivity index (χ4n) is 0.682. The van der Waals surface area contributed by atoms with Gasteiger partial charge in [0.25, 0.3) is 0 Å². The van der Waals surface area contributed by atoms with Gasteiger partial charge >= 0.3 is 6.18 Å². The van der Waals surface area contributed by atoms with Gasteiger partial charge in [-0.2, -0.15) is 22.8 Å². The van der Waals surface area contributed by atoms with Crippen LogP contribution in [0.2, 0.25) is 0 Å². The summed E-state index contributed by atoms with van der Waals surface area (Å²) in [5.74, 6) is -1.20. The fourth-order valence-corrected chi connectivity index (χ4v) is 0.682. The van der Waals surface area contributed by atoms with Crippen molar-refractivity contribution in [3.05, 3.63) is 29.3 Å². The molecule has 0 spiro atoms. The predicted octanol–water partition coefficient (Wildman–Crippen LogP) is 2.11. The molecular weight excluding hydrogens is 188 g/mol. The molecule has 0 fully saturated rings. The molecule has 13 heavy (non-hydrogen) atoms. The van der Waals surface area contributed by atoms with Crippen LogP contribution in [0.15, 0.2) is 12.3 Å². The number of halogens is 4. The molecule has 0 aromatic carbocycles. The Hall–Kier alpha value is -1.64. The Morgan fingerprint density at radius 2 is 2.00 bits per heavy atom. The van der Waals surface area contributed by atoms with Gasteiger partial charge in [0.2, 0.25) is 5.95 Å². The minimum absolute atomic E-state index is 0.343. The first-order valence-corrected chi connectivity index (χ1v) is 3.08. The number of rotatable bonds is 0. The third-order valence-corrected chi connectivity index (χ3v) is 1.29. The van der Waals surface area contributed by atoms with Gasteiger partial charge in [0.05, 0.1) is 5.56 Å². The van der Waals surface area contributed by atoms with Crippen LogP contribution in [0, 0.1) is 17.3 Å². The first-order chi connectivity index (χ1) is 5.95. The molecule has 0 amide bonds. The van der Waals surface area contributed by atoms with Gasteiger partial charge in [-0.25, -0.2) is 4.98 Å². The summed E-state index contributed by atoms with van der Waals surface area (Å²) in [5, 5.41) is 8.21. The monoisotopic (exact) mass is 190 g/mol. The van der Waals surface area contributed by atoms with E-state index in [1.807, 2.05) is 0 Å². The van der Waals surface area contributed by atoms with E-state index in [9.17, 15) is 17.6 Å². The molecule has 0 saturated heterocycles. The Kier molecular flexibility index (Phi) is 2.19. The van der Waals surface area contributed by atoms with Crippen LogP contribution in [-0.4, -0.2) is 4.98 Å². The van der Waals surface area contributed by atoms with Gasteiger partial charge in [0.15, 0.2) is 0 Å². The molecule has 0 atom stereocenters. The molecule has 0 saturated carbocycles. The topological polar surface area (TPSA) is 36.7 Å². The molecule has 0 N–H and O–H groups in total. The first-order valence-electron chi connectivity index (χ1n) is 3.08. The molecule has 6 heteroatoms. The molecule has 1 rings (SSSR count). The fraction of sp³-hybridized carbons (Fsp3) is 0.143. The van der Waals surface area contributed by atoms with E-state index >= 15 is 0 Å². The van der Waals surface area contributed by atoms with E-state index in [-0.39, 0.29) is 0 Å². The molecule has 1 aromatic rings. The van der Waals surface area contributed by atoms with Crippen LogP contribution in [0.25, 0.3) is 0 Å². The van der Waals surface area contributed by atoms with Gasteiger partial charge in [-0.15, -0.1) is 0 Å². The van der Waals surface area contributed by atoms with E-state index in [0.717, 1.165) is 0 Å². The summed E-state index contributed by atoms with van der Waals surface area (Å²) in [6.07, 6.45) is -4.26. The van der Waals surface area contributed by atoms with Crippen molar-refractivity contribution in [2.75, 3.05) is 0 Å². The highest BCUT2D eigenvalue weighted by Crippen LogP contribution is 2.29. The number of hydrogen-bond donors (Lipinski definition) is 0. The molecule has 68 valence electrons. The number of alkyl halides is 3. The van der Waals surface area contributed by atoms with Crippen molar-refractivity contribution in [1.29, 1.82) is 5.26 Å². The molecule has 1 heterocycles. The molecule has 1 aromatic heterocycles. The highest BCUT2D eigenvalue weighted by molar-refractivity contribution is 5.31. The zero-order valence-corrected chi connectivity index (χ0v) is 6.06. The lowest BCUT2D eigenvalue weighted by atomic mass is 10.2. The van der Waals surface area contributed by atoms with Crippen LogP contribution in [-0.2, 0) is 6.18 Å². The second-order valence-electron chi connectivity index (χ2n) is 2.17. The number of pyridine rings is 1. The summed E-state index contributed by atoms with van der Waals surface area (Å²) in [6.45, 7) is 0. The van der Waals surface area contributed by atoms with Gasteiger partial charge in [-0.05, 0) is 6.07 Å². The second kappa shape index (κ2) is 3.01. The quantitative estimate of drug-likeness (QED) is 0.464. The Labute approximate surface area is 70.4 Å². The molecule has 2 nitrogen and oxygen atoms in total. The van der Waals surface area contributed by atoms with Crippen molar-refractivity contribution in [2.45, 2.75) is 6.18 Å². The summed E-state index contributed by atoms with van der Waals surface area (Å²) in [6, 6.07) is 1.69. The van der Waals surface area contributed by atoms with E-state index in [0.29, 0.717) is 12.3 Å². The molecule has 0 bridgehead atoms. The zero-order chi connectivity index (χ0) is 10.1. The minimum atomic E-state index is -4.60. The summed E-state index contributed by atoms with van der Waals surface area (Å²) >= 11 is 0. The SMILES string of the molecule is N#Cc1cc(C(F)(F)F)cnc1F. The standard InChI is InChI=1S/C7H2F4N2/c8-6-4(2-12)1-5(3-13-6)7(9,10)11/h1,3H. The molecule has 0 unspecified atom stereocenters. The maximum Gasteiger partial charge on any atom is 0.417 e. The average molecular weight is 190 g/mol. The molecule has 0 radical (unpaired) electrons. The van der Waals surface area contributed by atoms with Crippen molar-refractivity contribution < 1.29 is 17.6 Å². The Morgan fingerprint density at radius 1 is 1.38 bits per heavy atom. The predicted molar refractivity (Wildman–Crippen MR) is 33.9 cm³/mol. The average Bonchev–Trinajstić information content (AvgIpc) is 2.03. The van der Waals surface area contributed by atoms with Gasteiger partial charge in [0.1, 0.15) is 11.6 Å². The highest BCUT2D eigenvalue weighted by Gasteiger charge is 2.31. The van der Waals surface area contributed by atoms with E-state index in [2.05, 4.69) is 4.98 Å². The van der Waals surface area contributed by atoms with Crippen LogP contribution in [0.4, 0.5) is 17.6 Å². The maximum atomic E-state index is 12.5. The Morgan fingerprint density at radius 3 is 2.46 bits per heavy atom. The van der Waals surface area contributed by atoms with Crippen LogP contribution in [0.5, 0.6) is 0 Å². The number of nitrogens with zero attached hydrogens (tertiary/aromatic N) is 2. The van der Waals surface area contributed by atoms with Gasteiger partial charge in [-0.1, -0.05) is 0 Å². The smallest absolute Gasteiger partial charge is 0.227 e. The van der Waals surface area contributed by atoms with E-state index < -0.39 is 23.3 Å². The molecule has 0 aliphatic rings. The van der Waals surface area contributed by atoms with Crippen LogP contribution >= 0.6 is 0 Å². The lowest BCUT2D eigenvalue weighted by Crippen LogP contribution is -2.07. The van der Waals surface area contributed by atoms with Crippen molar-refractivity contribution >= 4 is 0 Å². The summed E-state index contributed by atoms with van der Waals surface area (Å²) < 4.78 is 48.3. The Balaban J connectivity index is 3.24. The first kappa shape index (κ1) is 9.45. The van der Waals surface area contributed by atoms with Crippen LogP contribution < -0.4 is 0 Å². The lowest BCUT2D eigenvalue weighted by Gasteiger charge is -2.05. The largest absolute Gasteiger partial charge is 0.417 e. The normalized spacial score (nSPS) is 11.0. The number of nitriles is 1. The summed E-state index contributed by atoms with van der Waals surface area (Å²) in [5.41, 5.74) is -1.85. The molecule has 0 aliphatic heterocycles. The Bertz CT molecular complexity index is 364. The second-order valence-corrected chi connectivity index (χ2v) is 2.17. The van der Waals surface area contributed by atoms with E-state index in [1.54, 1.807) is 0 Å². The molecular formula is C7H2F4N2. The lowest BCUT2D eigenvalue weighted by molar-refractivity contribution is -0.137. The number of aromatic nitrogens is 1. The summed E-state index contributed by atoms with van der Waals surface area (Å²) in [4.78, 5) is 2.81. The van der Waals surface area contributed by atoms with Gasteiger partial charge in [0, 0.05) is 6.20 Å². The summed E-state index contributed by atoms with van der Waals surface area (Å²) in [7, 11) is 0. The van der Waals surface area contributed by atoms with Crippen molar-refractivity contribution in [2.24, 2.45) is 0 Å². The minimum Gasteiger partial charge on any atom is -0.227 e. The van der Waals surface area contributed by atoms with Crippen molar-refractivity contribution in [3.8, 4) is 6.07 Å². The third-order valence-electron chi connectivity index (χ3n) is 1.29. The zero-order valence-electron chi connectivity index (χ0n) is 6.06. The maximum absolute atomic E-state index is 12.5. The number of hydrogen-bond acceptors (Lipinski definition) is 2. The third kappa shape index (κ3) is 1.93.